The molecule has 3 aliphatic rings. The predicted octanol–water partition coefficient (Wildman–Crippen LogP) is 7.64. The molecule has 0 saturated heterocycles. The summed E-state index contributed by atoms with van der Waals surface area (Å²) in [6.07, 6.45) is 6.22. The zero-order chi connectivity index (χ0) is 27.5. The van der Waals surface area contributed by atoms with Gasteiger partial charge in [-0.3, -0.25) is 9.79 Å². The van der Waals surface area contributed by atoms with Gasteiger partial charge in [0.1, 0.15) is 11.9 Å². The van der Waals surface area contributed by atoms with Crippen LogP contribution in [0, 0.1) is 5.92 Å². The molecule has 0 spiro atoms. The van der Waals surface area contributed by atoms with Crippen molar-refractivity contribution < 1.29 is 14.3 Å². The van der Waals surface area contributed by atoms with Gasteiger partial charge in [-0.1, -0.05) is 42.3 Å². The van der Waals surface area contributed by atoms with E-state index in [4.69, 9.17) is 21.3 Å². The lowest BCUT2D eigenvalue weighted by Gasteiger charge is -2.38. The number of ether oxygens (including phenoxy) is 1. The number of allylic oxidation sites excluding steroid dienone is 1. The second kappa shape index (κ2) is 12.1. The molecule has 5 nitrogen and oxygen atoms in total. The number of esters is 1. The molecule has 2 aromatic carbocycles. The van der Waals surface area contributed by atoms with Crippen LogP contribution in [-0.2, 0) is 14.3 Å². The Morgan fingerprint density at radius 2 is 1.56 bits per heavy atom. The number of anilines is 1. The lowest BCUT2D eigenvalue weighted by Crippen LogP contribution is -2.41. The topological polar surface area (TPSA) is 59.0 Å². The molecule has 0 N–H and O–H groups in total. The average molecular weight is 547 g/mol. The van der Waals surface area contributed by atoms with E-state index in [-0.39, 0.29) is 23.8 Å². The number of fused-ring (bicyclic) bond motifs is 1. The molecule has 1 unspecified atom stereocenters. The van der Waals surface area contributed by atoms with E-state index in [0.717, 1.165) is 61.3 Å². The Labute approximate surface area is 237 Å². The van der Waals surface area contributed by atoms with E-state index in [0.29, 0.717) is 29.1 Å². The fourth-order valence-corrected chi connectivity index (χ4v) is 6.78. The van der Waals surface area contributed by atoms with Crippen molar-refractivity contribution >= 4 is 34.8 Å². The van der Waals surface area contributed by atoms with E-state index < -0.39 is 11.8 Å². The summed E-state index contributed by atoms with van der Waals surface area (Å²) in [5.41, 5.74) is 5.29. The van der Waals surface area contributed by atoms with Gasteiger partial charge in [0.2, 0.25) is 0 Å². The highest BCUT2D eigenvalue weighted by atomic mass is 35.5. The van der Waals surface area contributed by atoms with Crippen LogP contribution in [0.1, 0.15) is 88.7 Å². The number of aliphatic imine (C=N–C) groups is 1. The van der Waals surface area contributed by atoms with Crippen LogP contribution < -0.4 is 4.90 Å². The van der Waals surface area contributed by atoms with Gasteiger partial charge >= 0.3 is 5.97 Å². The van der Waals surface area contributed by atoms with E-state index in [1.165, 1.54) is 6.42 Å². The maximum absolute atomic E-state index is 13.9. The van der Waals surface area contributed by atoms with Gasteiger partial charge in [0, 0.05) is 47.5 Å². The number of halogens is 1. The van der Waals surface area contributed by atoms with Gasteiger partial charge in [0.05, 0.1) is 11.5 Å². The fourth-order valence-electron chi connectivity index (χ4n) is 6.65. The van der Waals surface area contributed by atoms with Crippen LogP contribution in [-0.4, -0.2) is 36.7 Å². The number of ketones is 1. The Balaban J connectivity index is 1.52. The molecule has 206 valence electrons. The van der Waals surface area contributed by atoms with Crippen molar-refractivity contribution in [3.8, 4) is 0 Å². The molecular formula is C33H39ClN2O3. The van der Waals surface area contributed by atoms with Crippen LogP contribution in [0.5, 0.6) is 0 Å². The third kappa shape index (κ3) is 5.84. The Bertz CT molecular complexity index is 1250. The Morgan fingerprint density at radius 1 is 0.923 bits per heavy atom. The van der Waals surface area contributed by atoms with Gasteiger partial charge in [0.25, 0.3) is 0 Å². The quantitative estimate of drug-likeness (QED) is 0.335. The van der Waals surface area contributed by atoms with Gasteiger partial charge in [-0.25, -0.2) is 4.79 Å². The van der Waals surface area contributed by atoms with Crippen LogP contribution in [0.4, 0.5) is 5.69 Å². The van der Waals surface area contributed by atoms with Crippen molar-refractivity contribution in [1.82, 2.24) is 0 Å². The third-order valence-corrected chi connectivity index (χ3v) is 8.97. The maximum Gasteiger partial charge on any atom is 0.336 e. The summed E-state index contributed by atoms with van der Waals surface area (Å²) >= 11 is 6.12. The van der Waals surface area contributed by atoms with Crippen molar-refractivity contribution in [3.63, 3.8) is 0 Å². The molecule has 39 heavy (non-hydrogen) atoms. The van der Waals surface area contributed by atoms with Gasteiger partial charge in [-0.15, -0.1) is 0 Å². The zero-order valence-electron chi connectivity index (χ0n) is 23.3. The second-order valence-corrected chi connectivity index (χ2v) is 11.5. The molecule has 2 saturated carbocycles. The predicted molar refractivity (Wildman–Crippen MR) is 158 cm³/mol. The largest absolute Gasteiger partial charge is 0.459 e. The first-order valence-electron chi connectivity index (χ1n) is 14.5. The number of benzene rings is 2. The van der Waals surface area contributed by atoms with E-state index in [2.05, 4.69) is 43.0 Å². The molecule has 3 atom stereocenters. The summed E-state index contributed by atoms with van der Waals surface area (Å²) in [5.74, 6) is -0.969. The molecule has 0 bridgehead atoms. The number of rotatable bonds is 7. The molecule has 0 radical (unpaired) electrons. The molecule has 2 fully saturated rings. The van der Waals surface area contributed by atoms with E-state index in [1.54, 1.807) is 0 Å². The van der Waals surface area contributed by atoms with Crippen LogP contribution in [0.25, 0.3) is 0 Å². The van der Waals surface area contributed by atoms with Crippen molar-refractivity contribution in [2.75, 3.05) is 18.0 Å². The highest BCUT2D eigenvalue weighted by Crippen LogP contribution is 2.46. The summed E-state index contributed by atoms with van der Waals surface area (Å²) in [4.78, 5) is 34.9. The number of hydrogen-bond donors (Lipinski definition) is 0. The molecule has 0 aromatic heterocycles. The maximum atomic E-state index is 13.9. The summed E-state index contributed by atoms with van der Waals surface area (Å²) < 4.78 is 6.07. The van der Waals surface area contributed by atoms with Gasteiger partial charge in [-0.05, 0) is 94.2 Å². The number of carbonyl (C=O) groups is 2. The molecule has 1 heterocycles. The van der Waals surface area contributed by atoms with Gasteiger partial charge in [0.15, 0.2) is 0 Å². The van der Waals surface area contributed by atoms with Gasteiger partial charge < -0.3 is 9.64 Å². The number of hydrogen-bond acceptors (Lipinski definition) is 5. The Morgan fingerprint density at radius 3 is 2.21 bits per heavy atom. The lowest BCUT2D eigenvalue weighted by molar-refractivity contribution is -0.146. The monoisotopic (exact) mass is 546 g/mol. The highest BCUT2D eigenvalue weighted by molar-refractivity contribution is 6.30. The second-order valence-electron chi connectivity index (χ2n) is 11.1. The molecular weight excluding hydrogens is 508 g/mol. The van der Waals surface area contributed by atoms with Crippen LogP contribution in [0.3, 0.4) is 0 Å². The molecule has 0 amide bonds. The minimum atomic E-state index is -0.453. The standard InChI is InChI=1S/C33H39ClN2O3/c1-4-36(5-2)26-17-13-23(14-18-26)31-30(33(38)39-27-9-7-6-8-10-27)21(3)35-28-19-24(20-29(37)32(28)31)22-11-15-25(34)16-12-22/h11-18,24,27,31-32H,4-10,19-20H2,1-3H3/t24-,31-,32?/m0/s1. The number of nitrogens with zero attached hydrogens (tertiary/aromatic N) is 2. The van der Waals surface area contributed by atoms with Crippen LogP contribution in [0.2, 0.25) is 5.02 Å². The first kappa shape index (κ1) is 27.6. The normalized spacial score (nSPS) is 23.7. The minimum absolute atomic E-state index is 0.0546. The van der Waals surface area contributed by atoms with E-state index in [9.17, 15) is 9.59 Å². The smallest absolute Gasteiger partial charge is 0.336 e. The van der Waals surface area contributed by atoms with Crippen LogP contribution in [0.15, 0.2) is 64.8 Å². The summed E-state index contributed by atoms with van der Waals surface area (Å²) in [5, 5.41) is 0.682. The number of Topliss-reactive ketones (excluding diaryl/α,β-unsaturated/α-hetero) is 1. The number of carbonyl (C=O) groups excluding carboxylic acids is 2. The SMILES string of the molecule is CCN(CC)c1ccc([C@H]2C(C(=O)OC3CCCCC3)=C(C)N=C3C[C@H](c4ccc(Cl)cc4)CC(=O)C32)cc1. The van der Waals surface area contributed by atoms with Gasteiger partial charge in [-0.2, -0.15) is 0 Å². The van der Waals surface area contributed by atoms with E-state index >= 15 is 0 Å². The molecule has 5 rings (SSSR count). The van der Waals surface area contributed by atoms with Crippen molar-refractivity contribution in [2.24, 2.45) is 10.9 Å². The first-order chi connectivity index (χ1) is 18.9. The highest BCUT2D eigenvalue weighted by Gasteiger charge is 2.46. The van der Waals surface area contributed by atoms with Crippen LogP contribution >= 0.6 is 11.6 Å². The zero-order valence-corrected chi connectivity index (χ0v) is 24.0. The molecule has 6 heteroatoms. The Hall–Kier alpha value is -2.92. The fraction of sp³-hybridized carbons (Fsp3) is 0.485. The molecule has 1 aliphatic heterocycles. The average Bonchev–Trinajstić information content (AvgIpc) is 2.94. The van der Waals surface area contributed by atoms with Crippen molar-refractivity contribution in [3.05, 3.63) is 76.0 Å². The van der Waals surface area contributed by atoms with Crippen molar-refractivity contribution in [2.45, 2.75) is 83.7 Å². The Kier molecular flexibility index (Phi) is 8.56. The first-order valence-corrected chi connectivity index (χ1v) is 14.9. The molecule has 2 aliphatic carbocycles. The summed E-state index contributed by atoms with van der Waals surface area (Å²) in [6, 6.07) is 16.1. The lowest BCUT2D eigenvalue weighted by atomic mass is 9.66. The summed E-state index contributed by atoms with van der Waals surface area (Å²) in [7, 11) is 0. The molecule has 2 aromatic rings. The minimum Gasteiger partial charge on any atom is -0.459 e. The summed E-state index contributed by atoms with van der Waals surface area (Å²) in [6.45, 7) is 8.02. The van der Waals surface area contributed by atoms with Crippen molar-refractivity contribution in [1.29, 1.82) is 0 Å². The van der Waals surface area contributed by atoms with E-state index in [1.807, 2.05) is 31.2 Å². The third-order valence-electron chi connectivity index (χ3n) is 8.72.